The maximum atomic E-state index is 9.38. The Balaban J connectivity index is 1.80. The minimum atomic E-state index is 0.239. The lowest BCUT2D eigenvalue weighted by Gasteiger charge is -2.05. The highest BCUT2D eigenvalue weighted by Gasteiger charge is 2.17. The van der Waals surface area contributed by atoms with E-state index in [1.807, 2.05) is 37.3 Å². The van der Waals surface area contributed by atoms with Gasteiger partial charge < -0.3 is 10.5 Å². The predicted octanol–water partition coefficient (Wildman–Crippen LogP) is 3.93. The molecule has 0 saturated heterocycles. The summed E-state index contributed by atoms with van der Waals surface area (Å²) in [6.07, 6.45) is 0. The summed E-state index contributed by atoms with van der Waals surface area (Å²) in [5.41, 5.74) is 9.47. The molecule has 0 spiro atoms. The maximum Gasteiger partial charge on any atom is 0.253 e. The summed E-state index contributed by atoms with van der Waals surface area (Å²) in [6.45, 7) is 2.79. The first-order chi connectivity index (χ1) is 12.1. The van der Waals surface area contributed by atoms with E-state index in [9.17, 15) is 5.26 Å². The molecule has 25 heavy (non-hydrogen) atoms. The minimum absolute atomic E-state index is 0.239. The molecule has 3 aromatic rings. The van der Waals surface area contributed by atoms with E-state index in [1.165, 1.54) is 0 Å². The van der Waals surface area contributed by atoms with E-state index in [4.69, 9.17) is 22.1 Å². The third kappa shape index (κ3) is 3.93. The van der Waals surface area contributed by atoms with Crippen molar-refractivity contribution in [3.8, 4) is 11.9 Å². The molecule has 0 aliphatic heterocycles. The number of aromatic nitrogens is 2. The Morgan fingerprint density at radius 2 is 1.96 bits per heavy atom. The van der Waals surface area contributed by atoms with Gasteiger partial charge >= 0.3 is 0 Å². The first-order valence-corrected chi connectivity index (χ1v) is 8.14. The molecule has 0 aliphatic carbocycles. The highest BCUT2D eigenvalue weighted by molar-refractivity contribution is 6.30. The van der Waals surface area contributed by atoms with Crippen LogP contribution in [0.4, 0.5) is 5.82 Å². The zero-order valence-corrected chi connectivity index (χ0v) is 14.5. The van der Waals surface area contributed by atoms with E-state index >= 15 is 0 Å². The second-order valence-electron chi connectivity index (χ2n) is 5.74. The molecule has 126 valence electrons. The summed E-state index contributed by atoms with van der Waals surface area (Å²) in [5, 5.41) is 14.4. The van der Waals surface area contributed by atoms with Gasteiger partial charge in [0.15, 0.2) is 5.56 Å². The Bertz CT molecular complexity index is 926. The van der Waals surface area contributed by atoms with Crippen molar-refractivity contribution in [1.82, 2.24) is 9.78 Å². The molecule has 0 bridgehead atoms. The van der Waals surface area contributed by atoms with Gasteiger partial charge in [-0.05, 0) is 30.2 Å². The third-order valence-corrected chi connectivity index (χ3v) is 4.03. The van der Waals surface area contributed by atoms with Crippen molar-refractivity contribution in [2.24, 2.45) is 0 Å². The summed E-state index contributed by atoms with van der Waals surface area (Å²) in [7, 11) is 0. The summed E-state index contributed by atoms with van der Waals surface area (Å²) in [5.74, 6) is 0.540. The first kappa shape index (κ1) is 16.9. The van der Waals surface area contributed by atoms with E-state index in [0.717, 1.165) is 16.7 Å². The van der Waals surface area contributed by atoms with Crippen LogP contribution in [0.1, 0.15) is 22.3 Å². The summed E-state index contributed by atoms with van der Waals surface area (Å²) in [4.78, 5) is 0. The van der Waals surface area contributed by atoms with Crippen molar-refractivity contribution in [3.63, 3.8) is 0 Å². The molecule has 0 unspecified atom stereocenters. The number of nitrogens with two attached hydrogens (primary N) is 1. The third-order valence-electron chi connectivity index (χ3n) is 3.78. The van der Waals surface area contributed by atoms with Crippen LogP contribution in [0.25, 0.3) is 0 Å². The Morgan fingerprint density at radius 1 is 1.20 bits per heavy atom. The van der Waals surface area contributed by atoms with E-state index < -0.39 is 0 Å². The molecule has 5 nitrogen and oxygen atoms in total. The molecule has 6 heteroatoms. The molecular formula is C19H17ClN4O. The summed E-state index contributed by atoms with van der Waals surface area (Å²) < 4.78 is 7.29. The largest absolute Gasteiger partial charge is 0.471 e. The fourth-order valence-electron chi connectivity index (χ4n) is 2.49. The predicted molar refractivity (Wildman–Crippen MR) is 97.4 cm³/mol. The van der Waals surface area contributed by atoms with Crippen molar-refractivity contribution in [2.75, 3.05) is 5.73 Å². The Kier molecular flexibility index (Phi) is 4.92. The van der Waals surface area contributed by atoms with Crippen LogP contribution in [0, 0.1) is 18.3 Å². The SMILES string of the molecule is Cc1cccc(Cn2nc(OCc3ccc(Cl)cc3)c(C#N)c2N)c1. The van der Waals surface area contributed by atoms with Gasteiger partial charge in [0.05, 0.1) is 6.54 Å². The van der Waals surface area contributed by atoms with Gasteiger partial charge in [0.2, 0.25) is 0 Å². The van der Waals surface area contributed by atoms with E-state index in [1.54, 1.807) is 16.8 Å². The Labute approximate surface area is 151 Å². The van der Waals surface area contributed by atoms with Crippen molar-refractivity contribution >= 4 is 17.4 Å². The lowest BCUT2D eigenvalue weighted by molar-refractivity contribution is 0.289. The number of ether oxygens (including phenoxy) is 1. The van der Waals surface area contributed by atoms with E-state index in [0.29, 0.717) is 17.4 Å². The van der Waals surface area contributed by atoms with Crippen molar-refractivity contribution in [3.05, 3.63) is 75.8 Å². The van der Waals surface area contributed by atoms with Crippen LogP contribution in [0.3, 0.4) is 0 Å². The van der Waals surface area contributed by atoms with Crippen LogP contribution in [-0.2, 0) is 13.2 Å². The standard InChI is InChI=1S/C19H17ClN4O/c1-13-3-2-4-15(9-13)11-24-18(22)17(10-21)19(23-24)25-12-14-5-7-16(20)8-6-14/h2-9H,11-12,22H2,1H3. The van der Waals surface area contributed by atoms with Gasteiger partial charge in [-0.15, -0.1) is 5.10 Å². The van der Waals surface area contributed by atoms with Gasteiger partial charge in [-0.3, -0.25) is 0 Å². The number of hydrogen-bond donors (Lipinski definition) is 1. The molecule has 0 atom stereocenters. The number of nitrogen functional groups attached to an aromatic ring is 1. The number of aryl methyl sites for hydroxylation is 1. The van der Waals surface area contributed by atoms with Crippen molar-refractivity contribution in [2.45, 2.75) is 20.1 Å². The smallest absolute Gasteiger partial charge is 0.253 e. The fraction of sp³-hybridized carbons (Fsp3) is 0.158. The summed E-state index contributed by atoms with van der Waals surface area (Å²) in [6, 6.07) is 17.4. The molecule has 2 N–H and O–H groups in total. The summed E-state index contributed by atoms with van der Waals surface area (Å²) >= 11 is 5.87. The van der Waals surface area contributed by atoms with Crippen LogP contribution >= 0.6 is 11.6 Å². The van der Waals surface area contributed by atoms with Gasteiger partial charge in [-0.25, -0.2) is 4.68 Å². The lowest BCUT2D eigenvalue weighted by atomic mass is 10.1. The van der Waals surface area contributed by atoms with Crippen molar-refractivity contribution < 1.29 is 4.74 Å². The molecule has 1 heterocycles. The molecule has 0 saturated carbocycles. The monoisotopic (exact) mass is 352 g/mol. The van der Waals surface area contributed by atoms with E-state index in [2.05, 4.69) is 17.2 Å². The van der Waals surface area contributed by atoms with Gasteiger partial charge in [0.25, 0.3) is 5.88 Å². The average Bonchev–Trinajstić information content (AvgIpc) is 2.89. The molecule has 0 fully saturated rings. The number of hydrogen-bond acceptors (Lipinski definition) is 4. The lowest BCUT2D eigenvalue weighted by Crippen LogP contribution is -2.06. The van der Waals surface area contributed by atoms with Gasteiger partial charge in [0, 0.05) is 5.02 Å². The van der Waals surface area contributed by atoms with Gasteiger partial charge in [-0.2, -0.15) is 5.26 Å². The molecule has 2 aromatic carbocycles. The number of halogens is 1. The molecule has 3 rings (SSSR count). The Morgan fingerprint density at radius 3 is 2.64 bits per heavy atom. The number of benzene rings is 2. The minimum Gasteiger partial charge on any atom is -0.471 e. The maximum absolute atomic E-state index is 9.38. The zero-order chi connectivity index (χ0) is 17.8. The number of rotatable bonds is 5. The van der Waals surface area contributed by atoms with Crippen LogP contribution < -0.4 is 10.5 Å². The number of nitriles is 1. The van der Waals surface area contributed by atoms with Crippen LogP contribution in [-0.4, -0.2) is 9.78 Å². The molecular weight excluding hydrogens is 336 g/mol. The van der Waals surface area contributed by atoms with Gasteiger partial charge in [0.1, 0.15) is 18.5 Å². The quantitative estimate of drug-likeness (QED) is 0.754. The molecule has 1 aromatic heterocycles. The van der Waals surface area contributed by atoms with Crippen LogP contribution in [0.2, 0.25) is 5.02 Å². The second-order valence-corrected chi connectivity index (χ2v) is 6.18. The van der Waals surface area contributed by atoms with E-state index in [-0.39, 0.29) is 18.1 Å². The average molecular weight is 353 g/mol. The normalized spacial score (nSPS) is 10.4. The van der Waals surface area contributed by atoms with Crippen LogP contribution in [0.5, 0.6) is 5.88 Å². The highest BCUT2D eigenvalue weighted by Crippen LogP contribution is 2.25. The number of anilines is 1. The topological polar surface area (TPSA) is 76.9 Å². The van der Waals surface area contributed by atoms with Crippen molar-refractivity contribution in [1.29, 1.82) is 5.26 Å². The molecule has 0 aliphatic rings. The van der Waals surface area contributed by atoms with Crippen LogP contribution in [0.15, 0.2) is 48.5 Å². The zero-order valence-electron chi connectivity index (χ0n) is 13.7. The molecule has 0 radical (unpaired) electrons. The Hall–Kier alpha value is -2.97. The molecule has 0 amide bonds. The fourth-order valence-corrected chi connectivity index (χ4v) is 2.62. The second kappa shape index (κ2) is 7.29. The van der Waals surface area contributed by atoms with Gasteiger partial charge in [-0.1, -0.05) is 53.6 Å². The first-order valence-electron chi connectivity index (χ1n) is 7.76. The highest BCUT2D eigenvalue weighted by atomic mass is 35.5. The number of nitrogens with zero attached hydrogens (tertiary/aromatic N) is 3.